The molecule has 0 saturated heterocycles. The lowest BCUT2D eigenvalue weighted by Gasteiger charge is -2.13. The van der Waals surface area contributed by atoms with Crippen molar-refractivity contribution in [1.29, 1.82) is 0 Å². The second-order valence-corrected chi connectivity index (χ2v) is 7.38. The first kappa shape index (κ1) is 14.5. The van der Waals surface area contributed by atoms with E-state index in [1.54, 1.807) is 0 Å². The summed E-state index contributed by atoms with van der Waals surface area (Å²) < 4.78 is 0. The number of anilines is 1. The van der Waals surface area contributed by atoms with Gasteiger partial charge in [0.2, 0.25) is 0 Å². The van der Waals surface area contributed by atoms with E-state index in [0.29, 0.717) is 5.75 Å². The van der Waals surface area contributed by atoms with Gasteiger partial charge in [0.05, 0.1) is 5.04 Å². The molecule has 0 unspecified atom stereocenters. The molecule has 4 aromatic carbocycles. The van der Waals surface area contributed by atoms with Crippen molar-refractivity contribution in [2.24, 2.45) is 4.99 Å². The Balaban J connectivity index is 1.78. The summed E-state index contributed by atoms with van der Waals surface area (Å²) in [7, 11) is 0. The number of aliphatic carboxylic acids is 1. The lowest BCUT2D eigenvalue weighted by atomic mass is 9.92. The molecule has 25 heavy (non-hydrogen) atoms. The van der Waals surface area contributed by atoms with Crippen molar-refractivity contribution in [3.8, 4) is 0 Å². The van der Waals surface area contributed by atoms with Crippen LogP contribution >= 0.6 is 11.8 Å². The number of carboxylic acid groups (broad SMARTS) is 1. The molecular formula is C20H14N2O2S. The standard InChI is InChI=1S/C20H14N2O2S/c21-15-7-12-3-1-10-5-14(19-22-16(9-25-19)20(23)24)6-11-2-4-13(8-15)18(12)17(10)11/h1-8,16H,9,21H2,(H,23,24)/t16-/m1/s1. The van der Waals surface area contributed by atoms with Crippen LogP contribution in [0.2, 0.25) is 0 Å². The minimum Gasteiger partial charge on any atom is -0.480 e. The van der Waals surface area contributed by atoms with E-state index in [2.05, 4.69) is 41.4 Å². The van der Waals surface area contributed by atoms with Crippen LogP contribution in [0.4, 0.5) is 5.69 Å². The Bertz CT molecular complexity index is 1130. The Labute approximate surface area is 147 Å². The summed E-state index contributed by atoms with van der Waals surface area (Å²) in [5.74, 6) is -0.368. The van der Waals surface area contributed by atoms with Gasteiger partial charge < -0.3 is 10.8 Å². The third-order valence-electron chi connectivity index (χ3n) is 4.74. The minimum absolute atomic E-state index is 0.495. The molecule has 0 radical (unpaired) electrons. The molecule has 1 aliphatic rings. The zero-order valence-corrected chi connectivity index (χ0v) is 14.0. The van der Waals surface area contributed by atoms with E-state index < -0.39 is 12.0 Å². The Hall–Kier alpha value is -2.79. The maximum absolute atomic E-state index is 11.2. The lowest BCUT2D eigenvalue weighted by molar-refractivity contribution is -0.137. The van der Waals surface area contributed by atoms with Gasteiger partial charge in [0.25, 0.3) is 0 Å². The molecule has 5 rings (SSSR count). The summed E-state index contributed by atoms with van der Waals surface area (Å²) in [6.07, 6.45) is 0. The van der Waals surface area contributed by atoms with Crippen LogP contribution in [-0.4, -0.2) is 27.9 Å². The molecule has 4 aromatic rings. The van der Waals surface area contributed by atoms with Gasteiger partial charge in [-0.15, -0.1) is 11.8 Å². The van der Waals surface area contributed by atoms with Crippen molar-refractivity contribution in [3.63, 3.8) is 0 Å². The topological polar surface area (TPSA) is 75.7 Å². The van der Waals surface area contributed by atoms with E-state index in [1.165, 1.54) is 22.5 Å². The molecule has 0 spiro atoms. The smallest absolute Gasteiger partial charge is 0.329 e. The van der Waals surface area contributed by atoms with E-state index in [9.17, 15) is 4.79 Å². The number of nitrogens with two attached hydrogens (primary N) is 1. The van der Waals surface area contributed by atoms with Crippen LogP contribution in [0, 0.1) is 0 Å². The number of thioether (sulfide) groups is 1. The highest BCUT2D eigenvalue weighted by molar-refractivity contribution is 8.14. The molecule has 122 valence electrons. The number of aliphatic imine (C=N–C) groups is 1. The minimum atomic E-state index is -0.863. The van der Waals surface area contributed by atoms with Gasteiger partial charge in [-0.25, -0.2) is 4.79 Å². The summed E-state index contributed by atoms with van der Waals surface area (Å²) in [5.41, 5.74) is 7.76. The fourth-order valence-electron chi connectivity index (χ4n) is 3.64. The predicted octanol–water partition coefficient (Wildman–Crippen LogP) is 4.11. The Morgan fingerprint density at radius 3 is 2.00 bits per heavy atom. The number of nitrogens with zero attached hydrogens (tertiary/aromatic N) is 1. The zero-order valence-electron chi connectivity index (χ0n) is 13.2. The highest BCUT2D eigenvalue weighted by atomic mass is 32.2. The molecule has 0 amide bonds. The van der Waals surface area contributed by atoms with E-state index in [-0.39, 0.29) is 0 Å². The molecular weight excluding hydrogens is 332 g/mol. The largest absolute Gasteiger partial charge is 0.480 e. The van der Waals surface area contributed by atoms with Crippen LogP contribution in [0.5, 0.6) is 0 Å². The Kier molecular flexibility index (Phi) is 2.97. The number of carbonyl (C=O) groups is 1. The third-order valence-corrected chi connectivity index (χ3v) is 5.84. The summed E-state index contributed by atoms with van der Waals surface area (Å²) in [4.78, 5) is 15.5. The van der Waals surface area contributed by atoms with Gasteiger partial charge in [-0.05, 0) is 56.6 Å². The first-order chi connectivity index (χ1) is 12.1. The molecule has 0 saturated carbocycles. The van der Waals surface area contributed by atoms with Crippen molar-refractivity contribution >= 4 is 60.8 Å². The highest BCUT2D eigenvalue weighted by Crippen LogP contribution is 2.37. The molecule has 1 aliphatic heterocycles. The average molecular weight is 346 g/mol. The Morgan fingerprint density at radius 1 is 1.00 bits per heavy atom. The van der Waals surface area contributed by atoms with Gasteiger partial charge in [0.15, 0.2) is 6.04 Å². The Morgan fingerprint density at radius 2 is 1.52 bits per heavy atom. The monoisotopic (exact) mass is 346 g/mol. The van der Waals surface area contributed by atoms with E-state index in [0.717, 1.165) is 37.8 Å². The number of benzene rings is 4. The number of nitrogen functional groups attached to an aromatic ring is 1. The SMILES string of the molecule is Nc1cc2ccc3cc(C4=N[C@@H](C(=O)O)CS4)cc4ccc(c1)c2c34. The lowest BCUT2D eigenvalue weighted by Crippen LogP contribution is -2.17. The van der Waals surface area contributed by atoms with Crippen LogP contribution < -0.4 is 5.73 Å². The second kappa shape index (κ2) is 5.10. The van der Waals surface area contributed by atoms with Crippen LogP contribution in [0.3, 0.4) is 0 Å². The summed E-state index contributed by atoms with van der Waals surface area (Å²) in [6, 6.07) is 16.0. The summed E-state index contributed by atoms with van der Waals surface area (Å²) in [5, 5.41) is 17.0. The first-order valence-electron chi connectivity index (χ1n) is 8.02. The molecule has 0 aliphatic carbocycles. The molecule has 0 fully saturated rings. The third kappa shape index (κ3) is 2.16. The molecule has 4 nitrogen and oxygen atoms in total. The van der Waals surface area contributed by atoms with Gasteiger partial charge in [-0.2, -0.15) is 0 Å². The van der Waals surface area contributed by atoms with Gasteiger partial charge in [0.1, 0.15) is 0 Å². The van der Waals surface area contributed by atoms with E-state index in [4.69, 9.17) is 10.8 Å². The number of hydrogen-bond acceptors (Lipinski definition) is 4. The fraction of sp³-hybridized carbons (Fsp3) is 0.100. The van der Waals surface area contributed by atoms with Crippen LogP contribution in [0.1, 0.15) is 5.56 Å². The molecule has 3 N–H and O–H groups in total. The quantitative estimate of drug-likeness (QED) is 0.423. The second-order valence-electron chi connectivity index (χ2n) is 6.37. The summed E-state index contributed by atoms with van der Waals surface area (Å²) in [6.45, 7) is 0. The number of rotatable bonds is 2. The zero-order chi connectivity index (χ0) is 17.1. The van der Waals surface area contributed by atoms with Crippen LogP contribution in [0.15, 0.2) is 53.5 Å². The van der Waals surface area contributed by atoms with Gasteiger partial charge in [0, 0.05) is 17.0 Å². The van der Waals surface area contributed by atoms with Gasteiger partial charge >= 0.3 is 5.97 Å². The predicted molar refractivity (Wildman–Crippen MR) is 105 cm³/mol. The van der Waals surface area contributed by atoms with Gasteiger partial charge in [-0.3, -0.25) is 4.99 Å². The van der Waals surface area contributed by atoms with Crippen LogP contribution in [0.25, 0.3) is 32.3 Å². The van der Waals surface area contributed by atoms with E-state index >= 15 is 0 Å². The molecule has 0 bridgehead atoms. The van der Waals surface area contributed by atoms with E-state index in [1.807, 2.05) is 12.1 Å². The molecule has 1 heterocycles. The van der Waals surface area contributed by atoms with Crippen molar-refractivity contribution in [2.75, 3.05) is 11.5 Å². The summed E-state index contributed by atoms with van der Waals surface area (Å²) >= 11 is 1.51. The maximum atomic E-state index is 11.2. The normalized spacial score (nSPS) is 17.6. The van der Waals surface area contributed by atoms with Gasteiger partial charge in [-0.1, -0.05) is 24.3 Å². The van der Waals surface area contributed by atoms with Crippen molar-refractivity contribution < 1.29 is 9.90 Å². The van der Waals surface area contributed by atoms with Crippen molar-refractivity contribution in [1.82, 2.24) is 0 Å². The fourth-order valence-corrected chi connectivity index (χ4v) is 4.66. The average Bonchev–Trinajstić information content (AvgIpc) is 3.09. The molecule has 1 atom stereocenters. The van der Waals surface area contributed by atoms with Crippen LogP contribution in [-0.2, 0) is 4.79 Å². The van der Waals surface area contributed by atoms with Crippen molar-refractivity contribution in [2.45, 2.75) is 6.04 Å². The van der Waals surface area contributed by atoms with Crippen molar-refractivity contribution in [3.05, 3.63) is 54.1 Å². The maximum Gasteiger partial charge on any atom is 0.329 e. The molecule has 0 aromatic heterocycles. The first-order valence-corrected chi connectivity index (χ1v) is 9.00. The number of hydrogen-bond donors (Lipinski definition) is 2. The molecule has 5 heteroatoms. The highest BCUT2D eigenvalue weighted by Gasteiger charge is 2.25. The number of carboxylic acids is 1.